The van der Waals surface area contributed by atoms with E-state index in [1.54, 1.807) is 0 Å². The maximum atomic E-state index is 12.5. The maximum absolute atomic E-state index is 12.5. The van der Waals surface area contributed by atoms with Crippen molar-refractivity contribution in [1.82, 2.24) is 16.0 Å². The zero-order valence-electron chi connectivity index (χ0n) is 15.2. The van der Waals surface area contributed by atoms with Crippen molar-refractivity contribution in [2.24, 2.45) is 4.99 Å². The number of amides is 1. The molecule has 0 aliphatic carbocycles. The fraction of sp³-hybridized carbons (Fsp3) is 0.556. The van der Waals surface area contributed by atoms with Crippen LogP contribution in [0.15, 0.2) is 29.3 Å². The molecule has 0 aromatic heterocycles. The number of rotatable bonds is 7. The lowest BCUT2D eigenvalue weighted by atomic mass is 10.1. The minimum Gasteiger partial charge on any atom is -0.376 e. The third kappa shape index (κ3) is 7.09. The highest BCUT2D eigenvalue weighted by Crippen LogP contribution is 2.29. The van der Waals surface area contributed by atoms with Crippen molar-refractivity contribution in [1.29, 1.82) is 0 Å². The van der Waals surface area contributed by atoms with E-state index in [-0.39, 0.29) is 11.7 Å². The summed E-state index contributed by atoms with van der Waals surface area (Å²) >= 11 is 0. The molecule has 27 heavy (non-hydrogen) atoms. The number of carbonyl (C=O) groups excluding carboxylic acids is 1. The SMILES string of the molecule is CCNC(=NCC1CCCO1)NCCNC(=O)c1ccc(C(F)(F)F)cc1. The van der Waals surface area contributed by atoms with Crippen LogP contribution in [0.25, 0.3) is 0 Å². The second kappa shape index (κ2) is 10.1. The zero-order chi connectivity index (χ0) is 19.7. The molecule has 1 aliphatic heterocycles. The molecule has 1 saturated heterocycles. The van der Waals surface area contributed by atoms with Crippen molar-refractivity contribution >= 4 is 11.9 Å². The Balaban J connectivity index is 1.75. The van der Waals surface area contributed by atoms with E-state index in [9.17, 15) is 18.0 Å². The van der Waals surface area contributed by atoms with E-state index in [0.29, 0.717) is 32.1 Å². The minimum absolute atomic E-state index is 0.153. The molecule has 0 bridgehead atoms. The van der Waals surface area contributed by atoms with Gasteiger partial charge in [0.2, 0.25) is 0 Å². The molecule has 0 radical (unpaired) electrons. The van der Waals surface area contributed by atoms with Gasteiger partial charge in [0.05, 0.1) is 18.2 Å². The van der Waals surface area contributed by atoms with E-state index in [4.69, 9.17) is 4.74 Å². The second-order valence-electron chi connectivity index (χ2n) is 6.11. The summed E-state index contributed by atoms with van der Waals surface area (Å²) in [5, 5.41) is 8.87. The number of hydrogen-bond acceptors (Lipinski definition) is 3. The summed E-state index contributed by atoms with van der Waals surface area (Å²) in [4.78, 5) is 16.4. The molecule has 1 fully saturated rings. The molecule has 6 nitrogen and oxygen atoms in total. The highest BCUT2D eigenvalue weighted by Gasteiger charge is 2.30. The van der Waals surface area contributed by atoms with Crippen LogP contribution in [0.1, 0.15) is 35.7 Å². The Morgan fingerprint density at radius 1 is 1.19 bits per heavy atom. The smallest absolute Gasteiger partial charge is 0.376 e. The van der Waals surface area contributed by atoms with Gasteiger partial charge in [0.15, 0.2) is 5.96 Å². The fourth-order valence-electron chi connectivity index (χ4n) is 2.59. The molecule has 1 aliphatic rings. The number of alkyl halides is 3. The number of nitrogens with one attached hydrogen (secondary N) is 3. The molecular weight excluding hydrogens is 361 g/mol. The average molecular weight is 386 g/mol. The number of ether oxygens (including phenoxy) is 1. The quantitative estimate of drug-likeness (QED) is 0.381. The second-order valence-corrected chi connectivity index (χ2v) is 6.11. The molecule has 1 aromatic carbocycles. The summed E-state index contributed by atoms with van der Waals surface area (Å²) in [5.41, 5.74) is -0.597. The summed E-state index contributed by atoms with van der Waals surface area (Å²) in [7, 11) is 0. The topological polar surface area (TPSA) is 74.8 Å². The number of halogens is 3. The first-order chi connectivity index (χ1) is 12.9. The van der Waals surface area contributed by atoms with Gasteiger partial charge < -0.3 is 20.7 Å². The molecular formula is C18H25F3N4O2. The summed E-state index contributed by atoms with van der Waals surface area (Å²) in [6, 6.07) is 4.12. The van der Waals surface area contributed by atoms with Gasteiger partial charge in [-0.25, -0.2) is 0 Å². The summed E-state index contributed by atoms with van der Waals surface area (Å²) < 4.78 is 43.1. The van der Waals surface area contributed by atoms with Gasteiger partial charge in [0.25, 0.3) is 5.91 Å². The monoisotopic (exact) mass is 386 g/mol. The Kier molecular flexibility index (Phi) is 7.90. The molecule has 150 valence electrons. The number of benzene rings is 1. The molecule has 3 N–H and O–H groups in total. The lowest BCUT2D eigenvalue weighted by Crippen LogP contribution is -2.42. The zero-order valence-corrected chi connectivity index (χ0v) is 15.2. The van der Waals surface area contributed by atoms with Gasteiger partial charge in [-0.2, -0.15) is 13.2 Å². The molecule has 2 rings (SSSR count). The van der Waals surface area contributed by atoms with Gasteiger partial charge in [0, 0.05) is 31.8 Å². The number of nitrogens with zero attached hydrogens (tertiary/aromatic N) is 1. The van der Waals surface area contributed by atoms with Crippen LogP contribution in [0.4, 0.5) is 13.2 Å². The number of aliphatic imine (C=N–C) groups is 1. The van der Waals surface area contributed by atoms with Crippen LogP contribution in [0.2, 0.25) is 0 Å². The largest absolute Gasteiger partial charge is 0.416 e. The molecule has 1 amide bonds. The molecule has 0 saturated carbocycles. The lowest BCUT2D eigenvalue weighted by molar-refractivity contribution is -0.137. The van der Waals surface area contributed by atoms with Crippen molar-refractivity contribution in [3.63, 3.8) is 0 Å². The Labute approximate surface area is 156 Å². The molecule has 0 spiro atoms. The first-order valence-corrected chi connectivity index (χ1v) is 8.99. The van der Waals surface area contributed by atoms with Crippen LogP contribution < -0.4 is 16.0 Å². The Bertz CT molecular complexity index is 626. The molecule has 1 unspecified atom stereocenters. The Morgan fingerprint density at radius 3 is 2.48 bits per heavy atom. The van der Waals surface area contributed by atoms with E-state index in [1.165, 1.54) is 12.1 Å². The van der Waals surface area contributed by atoms with Crippen molar-refractivity contribution in [3.05, 3.63) is 35.4 Å². The summed E-state index contributed by atoms with van der Waals surface area (Å²) in [5.74, 6) is 0.212. The van der Waals surface area contributed by atoms with Gasteiger partial charge in [-0.3, -0.25) is 9.79 Å². The minimum atomic E-state index is -4.41. The third-order valence-corrected chi connectivity index (χ3v) is 4.00. The van der Waals surface area contributed by atoms with Gasteiger partial charge >= 0.3 is 6.18 Å². The van der Waals surface area contributed by atoms with E-state index in [1.807, 2.05) is 6.92 Å². The van der Waals surface area contributed by atoms with Crippen LogP contribution in [0.5, 0.6) is 0 Å². The number of hydrogen-bond donors (Lipinski definition) is 3. The predicted octanol–water partition coefficient (Wildman–Crippen LogP) is 2.17. The first-order valence-electron chi connectivity index (χ1n) is 8.99. The van der Waals surface area contributed by atoms with Crippen LogP contribution in [-0.2, 0) is 10.9 Å². The summed E-state index contributed by atoms with van der Waals surface area (Å²) in [6.07, 6.45) is -2.20. The van der Waals surface area contributed by atoms with Crippen LogP contribution >= 0.6 is 0 Å². The Hall–Kier alpha value is -2.29. The maximum Gasteiger partial charge on any atom is 0.416 e. The van der Waals surface area contributed by atoms with Crippen molar-refractivity contribution in [3.8, 4) is 0 Å². The first kappa shape index (κ1) is 21.0. The number of guanidine groups is 1. The van der Waals surface area contributed by atoms with Crippen LogP contribution in [-0.4, -0.2) is 50.8 Å². The van der Waals surface area contributed by atoms with Crippen molar-refractivity contribution in [2.75, 3.05) is 32.8 Å². The van der Waals surface area contributed by atoms with Crippen molar-refractivity contribution in [2.45, 2.75) is 32.0 Å². The van der Waals surface area contributed by atoms with E-state index >= 15 is 0 Å². The highest BCUT2D eigenvalue weighted by molar-refractivity contribution is 5.94. The fourth-order valence-corrected chi connectivity index (χ4v) is 2.59. The molecule has 1 heterocycles. The normalized spacial score (nSPS) is 17.6. The van der Waals surface area contributed by atoms with Gasteiger partial charge in [-0.1, -0.05) is 0 Å². The predicted molar refractivity (Wildman–Crippen MR) is 96.7 cm³/mol. The Morgan fingerprint density at radius 2 is 1.89 bits per heavy atom. The van der Waals surface area contributed by atoms with Crippen LogP contribution in [0.3, 0.4) is 0 Å². The standard InChI is InChI=1S/C18H25F3N4O2/c1-2-22-17(25-12-15-4-3-11-27-15)24-10-9-23-16(26)13-5-7-14(8-6-13)18(19,20)21/h5-8,15H,2-4,9-12H2,1H3,(H,23,26)(H2,22,24,25). The number of carbonyl (C=O) groups is 1. The van der Waals surface area contributed by atoms with Crippen molar-refractivity contribution < 1.29 is 22.7 Å². The highest BCUT2D eigenvalue weighted by atomic mass is 19.4. The van der Waals surface area contributed by atoms with Gasteiger partial charge in [-0.05, 0) is 44.0 Å². The van der Waals surface area contributed by atoms with E-state index < -0.39 is 17.6 Å². The molecule has 9 heteroatoms. The van der Waals surface area contributed by atoms with E-state index in [0.717, 1.165) is 31.6 Å². The average Bonchev–Trinajstić information content (AvgIpc) is 3.16. The molecule has 1 atom stereocenters. The van der Waals surface area contributed by atoms with Crippen LogP contribution in [0, 0.1) is 0 Å². The van der Waals surface area contributed by atoms with E-state index in [2.05, 4.69) is 20.9 Å². The summed E-state index contributed by atoms with van der Waals surface area (Å²) in [6.45, 7) is 4.76. The van der Waals surface area contributed by atoms with Gasteiger partial charge in [0.1, 0.15) is 0 Å². The molecule has 1 aromatic rings. The lowest BCUT2D eigenvalue weighted by Gasteiger charge is -2.13. The third-order valence-electron chi connectivity index (χ3n) is 4.00. The van der Waals surface area contributed by atoms with Gasteiger partial charge in [-0.15, -0.1) is 0 Å².